The molecule has 0 fully saturated rings. The van der Waals surface area contributed by atoms with E-state index < -0.39 is 5.92 Å². The molecule has 0 bridgehead atoms. The molecule has 88 valence electrons. The zero-order valence-corrected chi connectivity index (χ0v) is 10.2. The molecule has 1 heterocycles. The van der Waals surface area contributed by atoms with E-state index in [1.54, 1.807) is 0 Å². The van der Waals surface area contributed by atoms with E-state index in [2.05, 4.69) is 17.3 Å². The molecule has 0 aromatic heterocycles. The Kier molecular flexibility index (Phi) is 3.24. The predicted octanol–water partition coefficient (Wildman–Crippen LogP) is 1.57. The van der Waals surface area contributed by atoms with Gasteiger partial charge in [-0.15, -0.1) is 0 Å². The topological polar surface area (TPSA) is 85.7 Å². The molecule has 4 nitrogen and oxygen atoms in total. The van der Waals surface area contributed by atoms with Gasteiger partial charge in [-0.05, 0) is 11.4 Å². The normalized spacial score (nSPS) is 18.9. The van der Waals surface area contributed by atoms with Crippen molar-refractivity contribution in [3.05, 3.63) is 52.9 Å². The summed E-state index contributed by atoms with van der Waals surface area (Å²) in [5, 5.41) is 19.3. The summed E-state index contributed by atoms with van der Waals surface area (Å²) in [6, 6.07) is 11.4. The molecule has 1 unspecified atom stereocenters. The molecule has 4 N–H and O–H groups in total. The monoisotopic (exact) mass is 254 g/mol. The minimum atomic E-state index is -0.414. The Bertz CT molecular complexity index is 618. The summed E-state index contributed by atoms with van der Waals surface area (Å²) in [6.07, 6.45) is 0. The van der Waals surface area contributed by atoms with Gasteiger partial charge < -0.3 is 11.1 Å². The second-order valence-corrected chi connectivity index (χ2v) is 4.18. The van der Waals surface area contributed by atoms with Gasteiger partial charge in [0.1, 0.15) is 10.8 Å². The molecule has 0 saturated heterocycles. The average Bonchev–Trinajstić information content (AvgIpc) is 2.39. The molecule has 1 aliphatic heterocycles. The molecule has 1 atom stereocenters. The molecule has 0 amide bonds. The molecular formula is C13H10N4S. The lowest BCUT2D eigenvalue weighted by Crippen LogP contribution is -2.37. The maximum Gasteiger partial charge on any atom is 0.118 e. The quantitative estimate of drug-likeness (QED) is 0.403. The van der Waals surface area contributed by atoms with E-state index in [4.69, 9.17) is 23.4 Å². The van der Waals surface area contributed by atoms with Crippen LogP contribution in [0, 0.1) is 16.7 Å². The maximum atomic E-state index is 9.22. The maximum absolute atomic E-state index is 9.22. The zero-order chi connectivity index (χ0) is 13.1. The van der Waals surface area contributed by atoms with Crippen LogP contribution in [-0.2, 0) is 0 Å². The highest BCUT2D eigenvalue weighted by atomic mass is 32.1. The van der Waals surface area contributed by atoms with Crippen LogP contribution in [0.25, 0.3) is 0 Å². The van der Waals surface area contributed by atoms with E-state index in [0.717, 1.165) is 5.56 Å². The largest absolute Gasteiger partial charge is 0.384 e. The molecular weight excluding hydrogens is 244 g/mol. The SMILES string of the molecule is N#CC1=C(N)NC(=S)C(=C=N)C1c1ccccc1. The summed E-state index contributed by atoms with van der Waals surface area (Å²) in [5.74, 6) is 2.14. The predicted molar refractivity (Wildman–Crippen MR) is 73.0 cm³/mol. The molecule has 1 aliphatic rings. The Hall–Kier alpha value is -2.41. The number of nitrogens with two attached hydrogens (primary N) is 1. The average molecular weight is 254 g/mol. The lowest BCUT2D eigenvalue weighted by Gasteiger charge is -2.26. The summed E-state index contributed by atoms with van der Waals surface area (Å²) >= 11 is 5.13. The molecule has 0 aliphatic carbocycles. The first-order valence-corrected chi connectivity index (χ1v) is 5.65. The lowest BCUT2D eigenvalue weighted by atomic mass is 9.83. The highest BCUT2D eigenvalue weighted by Crippen LogP contribution is 2.34. The van der Waals surface area contributed by atoms with Crippen LogP contribution in [0.3, 0.4) is 0 Å². The lowest BCUT2D eigenvalue weighted by molar-refractivity contribution is 0.896. The van der Waals surface area contributed by atoms with Crippen molar-refractivity contribution in [3.8, 4) is 6.07 Å². The van der Waals surface area contributed by atoms with Crippen LogP contribution in [0.5, 0.6) is 0 Å². The Balaban J connectivity index is 2.66. The molecule has 0 saturated carbocycles. The summed E-state index contributed by atoms with van der Waals surface area (Å²) in [7, 11) is 0. The molecule has 1 aromatic carbocycles. The Morgan fingerprint density at radius 2 is 2.00 bits per heavy atom. The van der Waals surface area contributed by atoms with Crippen molar-refractivity contribution in [1.82, 2.24) is 5.32 Å². The Morgan fingerprint density at radius 1 is 1.33 bits per heavy atom. The molecule has 0 spiro atoms. The van der Waals surface area contributed by atoms with Crippen LogP contribution in [0.15, 0.2) is 47.3 Å². The first-order valence-electron chi connectivity index (χ1n) is 5.24. The minimum Gasteiger partial charge on any atom is -0.384 e. The van der Waals surface area contributed by atoms with Crippen molar-refractivity contribution >= 4 is 23.1 Å². The van der Waals surface area contributed by atoms with Gasteiger partial charge in [-0.25, -0.2) is 0 Å². The number of benzene rings is 1. The van der Waals surface area contributed by atoms with E-state index in [9.17, 15) is 5.26 Å². The molecule has 1 aromatic rings. The van der Waals surface area contributed by atoms with Crippen LogP contribution in [-0.4, -0.2) is 10.9 Å². The van der Waals surface area contributed by atoms with Gasteiger partial charge in [-0.1, -0.05) is 42.5 Å². The van der Waals surface area contributed by atoms with Gasteiger partial charge in [0.05, 0.1) is 23.1 Å². The van der Waals surface area contributed by atoms with Crippen LogP contribution < -0.4 is 11.1 Å². The number of allylic oxidation sites excluding steroid dienone is 1. The third-order valence-electron chi connectivity index (χ3n) is 2.75. The van der Waals surface area contributed by atoms with Crippen LogP contribution in [0.4, 0.5) is 0 Å². The number of hydrogen-bond acceptors (Lipinski definition) is 4. The van der Waals surface area contributed by atoms with Crippen molar-refractivity contribution in [2.75, 3.05) is 0 Å². The Labute approximate surface area is 110 Å². The van der Waals surface area contributed by atoms with Crippen molar-refractivity contribution in [2.45, 2.75) is 5.92 Å². The van der Waals surface area contributed by atoms with Gasteiger partial charge in [0.2, 0.25) is 0 Å². The van der Waals surface area contributed by atoms with E-state index in [1.807, 2.05) is 30.3 Å². The first-order chi connectivity index (χ1) is 8.69. The molecule has 5 heteroatoms. The fourth-order valence-electron chi connectivity index (χ4n) is 1.92. The first kappa shape index (κ1) is 12.1. The third kappa shape index (κ3) is 1.91. The standard InChI is InChI=1S/C13H10N4S/c14-6-9-11(8-4-2-1-3-5-8)10(7-15)13(18)17-12(9)16/h1-5,11,15H,16H2,(H,17,18). The van der Waals surface area contributed by atoms with Gasteiger partial charge in [-0.3, -0.25) is 5.41 Å². The van der Waals surface area contributed by atoms with Gasteiger partial charge in [0.15, 0.2) is 0 Å². The zero-order valence-electron chi connectivity index (χ0n) is 9.40. The molecule has 18 heavy (non-hydrogen) atoms. The number of hydrogen-bond donors (Lipinski definition) is 3. The third-order valence-corrected chi connectivity index (χ3v) is 3.07. The molecule has 2 rings (SSSR count). The number of thiocarbonyl (C=S) groups is 1. The van der Waals surface area contributed by atoms with E-state index in [-0.39, 0.29) is 5.82 Å². The van der Waals surface area contributed by atoms with Crippen LogP contribution >= 0.6 is 12.2 Å². The fraction of sp³-hybridized carbons (Fsp3) is 0.0769. The van der Waals surface area contributed by atoms with Crippen LogP contribution in [0.1, 0.15) is 11.5 Å². The number of nitrogens with zero attached hydrogens (tertiary/aromatic N) is 1. The smallest absolute Gasteiger partial charge is 0.118 e. The van der Waals surface area contributed by atoms with Crippen molar-refractivity contribution in [1.29, 1.82) is 10.7 Å². The number of nitrogens with one attached hydrogen (secondary N) is 2. The van der Waals surface area contributed by atoms with E-state index >= 15 is 0 Å². The molecule has 0 radical (unpaired) electrons. The van der Waals surface area contributed by atoms with Gasteiger partial charge in [-0.2, -0.15) is 5.26 Å². The highest BCUT2D eigenvalue weighted by Gasteiger charge is 2.31. The van der Waals surface area contributed by atoms with E-state index in [0.29, 0.717) is 16.1 Å². The second kappa shape index (κ2) is 4.84. The van der Waals surface area contributed by atoms with Crippen molar-refractivity contribution < 1.29 is 0 Å². The van der Waals surface area contributed by atoms with Crippen molar-refractivity contribution in [2.24, 2.45) is 5.73 Å². The van der Waals surface area contributed by atoms with Gasteiger partial charge in [0, 0.05) is 0 Å². The minimum absolute atomic E-state index is 0.246. The summed E-state index contributed by atoms with van der Waals surface area (Å²) in [5.41, 5.74) is 7.48. The summed E-state index contributed by atoms with van der Waals surface area (Å²) in [6.45, 7) is 0. The number of rotatable bonds is 1. The summed E-state index contributed by atoms with van der Waals surface area (Å²) in [4.78, 5) is 0.343. The fourth-order valence-corrected chi connectivity index (χ4v) is 2.20. The van der Waals surface area contributed by atoms with Gasteiger partial charge >= 0.3 is 0 Å². The van der Waals surface area contributed by atoms with Crippen molar-refractivity contribution in [3.63, 3.8) is 0 Å². The summed E-state index contributed by atoms with van der Waals surface area (Å²) < 4.78 is 0. The number of nitriles is 1. The van der Waals surface area contributed by atoms with Crippen LogP contribution in [0.2, 0.25) is 0 Å². The second-order valence-electron chi connectivity index (χ2n) is 3.78. The Morgan fingerprint density at radius 3 is 2.56 bits per heavy atom. The van der Waals surface area contributed by atoms with Gasteiger partial charge in [0.25, 0.3) is 0 Å². The highest BCUT2D eigenvalue weighted by molar-refractivity contribution is 7.80. The van der Waals surface area contributed by atoms with E-state index in [1.165, 1.54) is 0 Å².